The highest BCUT2D eigenvalue weighted by Crippen LogP contribution is 2.41. The Morgan fingerprint density at radius 3 is 2.71 bits per heavy atom. The van der Waals surface area contributed by atoms with E-state index in [1.807, 2.05) is 0 Å². The molecule has 7 heteroatoms. The Morgan fingerprint density at radius 2 is 2.04 bits per heavy atom. The molecule has 1 aromatic carbocycles. The van der Waals surface area contributed by atoms with Gasteiger partial charge in [-0.15, -0.1) is 0 Å². The number of aromatic nitrogens is 1. The van der Waals surface area contributed by atoms with E-state index in [1.54, 1.807) is 30.6 Å². The van der Waals surface area contributed by atoms with Crippen LogP contribution in [-0.2, 0) is 10.3 Å². The van der Waals surface area contributed by atoms with Crippen LogP contribution in [0.4, 0.5) is 13.2 Å². The highest BCUT2D eigenvalue weighted by atomic mass is 19.4. The van der Waals surface area contributed by atoms with Crippen molar-refractivity contribution in [3.63, 3.8) is 0 Å². The largest absolute Gasteiger partial charge is 0.495 e. The maximum absolute atomic E-state index is 13.8. The van der Waals surface area contributed by atoms with Crippen molar-refractivity contribution in [3.8, 4) is 16.9 Å². The molecule has 1 N–H and O–H groups in total. The Kier molecular flexibility index (Phi) is 4.47. The van der Waals surface area contributed by atoms with Crippen molar-refractivity contribution in [3.05, 3.63) is 48.3 Å². The highest BCUT2D eigenvalue weighted by Gasteiger charge is 2.57. The van der Waals surface area contributed by atoms with Crippen LogP contribution in [0.3, 0.4) is 0 Å². The molecule has 1 saturated heterocycles. The Bertz CT molecular complexity index is 713. The predicted molar refractivity (Wildman–Crippen MR) is 82.8 cm³/mol. The molecule has 4 nitrogen and oxygen atoms in total. The van der Waals surface area contributed by atoms with Gasteiger partial charge in [-0.3, -0.25) is 10.3 Å². The van der Waals surface area contributed by atoms with Crippen LogP contribution in [0.15, 0.2) is 42.7 Å². The third-order valence-corrected chi connectivity index (χ3v) is 4.11. The standard InChI is InChI=1S/C17H17F3N2O2/c1-23-15-8-13(9-21-10-15)12-3-2-4-14(7-12)16(17(18,19)20)11-24-6-5-22-16/h2-4,7-10,22H,5-6,11H2,1H3. The number of methoxy groups -OCH3 is 1. The normalized spacial score (nSPS) is 21.5. The number of benzene rings is 1. The zero-order valence-electron chi connectivity index (χ0n) is 13.1. The number of ether oxygens (including phenoxy) is 2. The lowest BCUT2D eigenvalue weighted by molar-refractivity contribution is -0.226. The number of hydrogen-bond donors (Lipinski definition) is 1. The van der Waals surface area contributed by atoms with E-state index in [1.165, 1.54) is 19.2 Å². The number of morpholine rings is 1. The first-order valence-corrected chi connectivity index (χ1v) is 7.46. The molecule has 0 saturated carbocycles. The van der Waals surface area contributed by atoms with E-state index >= 15 is 0 Å². The molecule has 2 heterocycles. The summed E-state index contributed by atoms with van der Waals surface area (Å²) in [4.78, 5) is 4.05. The molecule has 2 aromatic rings. The number of nitrogens with zero attached hydrogens (tertiary/aromatic N) is 1. The number of nitrogens with one attached hydrogen (secondary N) is 1. The molecule has 1 atom stereocenters. The molecule has 0 radical (unpaired) electrons. The topological polar surface area (TPSA) is 43.4 Å². The lowest BCUT2D eigenvalue weighted by Gasteiger charge is -2.40. The number of halogens is 3. The van der Waals surface area contributed by atoms with E-state index in [4.69, 9.17) is 9.47 Å². The number of pyridine rings is 1. The second kappa shape index (κ2) is 6.41. The average Bonchev–Trinajstić information content (AvgIpc) is 2.61. The molecule has 0 amide bonds. The van der Waals surface area contributed by atoms with Gasteiger partial charge in [0.15, 0.2) is 5.54 Å². The van der Waals surface area contributed by atoms with Crippen molar-refractivity contribution in [2.24, 2.45) is 0 Å². The fourth-order valence-corrected chi connectivity index (χ4v) is 2.80. The van der Waals surface area contributed by atoms with E-state index in [0.717, 1.165) is 0 Å². The first-order chi connectivity index (χ1) is 11.5. The molecule has 0 bridgehead atoms. The van der Waals surface area contributed by atoms with Gasteiger partial charge in [0.25, 0.3) is 0 Å². The summed E-state index contributed by atoms with van der Waals surface area (Å²) in [5, 5.41) is 2.60. The Labute approximate surface area is 137 Å². The summed E-state index contributed by atoms with van der Waals surface area (Å²) >= 11 is 0. The fraction of sp³-hybridized carbons (Fsp3) is 0.353. The molecule has 1 aliphatic rings. The van der Waals surface area contributed by atoms with Gasteiger partial charge in [0.2, 0.25) is 0 Å². The van der Waals surface area contributed by atoms with Crippen molar-refractivity contribution in [2.45, 2.75) is 11.7 Å². The maximum Gasteiger partial charge on any atom is 0.413 e. The second-order valence-electron chi connectivity index (χ2n) is 5.58. The zero-order chi connectivity index (χ0) is 17.2. The Morgan fingerprint density at radius 1 is 1.21 bits per heavy atom. The van der Waals surface area contributed by atoms with Crippen molar-refractivity contribution in [2.75, 3.05) is 26.9 Å². The summed E-state index contributed by atoms with van der Waals surface area (Å²) in [6.07, 6.45) is -1.34. The smallest absolute Gasteiger partial charge is 0.413 e. The minimum Gasteiger partial charge on any atom is -0.495 e. The van der Waals surface area contributed by atoms with Crippen LogP contribution in [-0.4, -0.2) is 38.0 Å². The maximum atomic E-state index is 13.8. The first kappa shape index (κ1) is 16.7. The minimum atomic E-state index is -4.47. The molecular formula is C17H17F3N2O2. The summed E-state index contributed by atoms with van der Waals surface area (Å²) in [6.45, 7) is -0.0436. The van der Waals surface area contributed by atoms with Gasteiger partial charge in [0.1, 0.15) is 5.75 Å². The van der Waals surface area contributed by atoms with Crippen LogP contribution in [0, 0.1) is 0 Å². The van der Waals surface area contributed by atoms with Gasteiger partial charge in [-0.25, -0.2) is 0 Å². The third kappa shape index (κ3) is 2.97. The van der Waals surface area contributed by atoms with E-state index in [9.17, 15) is 13.2 Å². The average molecular weight is 338 g/mol. The van der Waals surface area contributed by atoms with E-state index in [0.29, 0.717) is 16.9 Å². The van der Waals surface area contributed by atoms with E-state index in [-0.39, 0.29) is 18.7 Å². The summed E-state index contributed by atoms with van der Waals surface area (Å²) in [5.74, 6) is 0.544. The molecule has 1 aromatic heterocycles. The van der Waals surface area contributed by atoms with E-state index < -0.39 is 18.3 Å². The number of alkyl halides is 3. The molecule has 1 fully saturated rings. The summed E-state index contributed by atoms with van der Waals surface area (Å²) < 4.78 is 51.5. The Hall–Kier alpha value is -2.12. The highest BCUT2D eigenvalue weighted by molar-refractivity contribution is 5.65. The lowest BCUT2D eigenvalue weighted by atomic mass is 9.87. The zero-order valence-corrected chi connectivity index (χ0v) is 13.1. The number of rotatable bonds is 3. The van der Waals surface area contributed by atoms with Gasteiger partial charge >= 0.3 is 6.18 Å². The van der Waals surface area contributed by atoms with Gasteiger partial charge in [-0.1, -0.05) is 18.2 Å². The van der Waals surface area contributed by atoms with Gasteiger partial charge in [-0.05, 0) is 23.3 Å². The fourth-order valence-electron chi connectivity index (χ4n) is 2.80. The molecule has 1 unspecified atom stereocenters. The minimum absolute atomic E-state index is 0.120. The second-order valence-corrected chi connectivity index (χ2v) is 5.58. The van der Waals surface area contributed by atoms with Crippen LogP contribution >= 0.6 is 0 Å². The molecule has 128 valence electrons. The van der Waals surface area contributed by atoms with E-state index in [2.05, 4.69) is 10.3 Å². The van der Waals surface area contributed by atoms with Gasteiger partial charge < -0.3 is 9.47 Å². The molecule has 24 heavy (non-hydrogen) atoms. The number of hydrogen-bond acceptors (Lipinski definition) is 4. The monoisotopic (exact) mass is 338 g/mol. The third-order valence-electron chi connectivity index (χ3n) is 4.11. The van der Waals surface area contributed by atoms with Gasteiger partial charge in [0, 0.05) is 18.3 Å². The predicted octanol–water partition coefficient (Wildman–Crippen LogP) is 3.13. The molecule has 3 rings (SSSR count). The first-order valence-electron chi connectivity index (χ1n) is 7.46. The lowest BCUT2D eigenvalue weighted by Crippen LogP contribution is -2.60. The Balaban J connectivity index is 2.05. The molecular weight excluding hydrogens is 321 g/mol. The van der Waals surface area contributed by atoms with Crippen molar-refractivity contribution in [1.82, 2.24) is 10.3 Å². The van der Waals surface area contributed by atoms with Crippen LogP contribution < -0.4 is 10.1 Å². The van der Waals surface area contributed by atoms with Crippen LogP contribution in [0.1, 0.15) is 5.56 Å². The van der Waals surface area contributed by atoms with Crippen LogP contribution in [0.25, 0.3) is 11.1 Å². The van der Waals surface area contributed by atoms with Crippen LogP contribution in [0.5, 0.6) is 5.75 Å². The van der Waals surface area contributed by atoms with Gasteiger partial charge in [-0.2, -0.15) is 13.2 Å². The SMILES string of the molecule is COc1cncc(-c2cccc(C3(C(F)(F)F)COCCN3)c2)c1. The summed E-state index contributed by atoms with van der Waals surface area (Å²) in [6, 6.07) is 8.07. The van der Waals surface area contributed by atoms with Gasteiger partial charge in [0.05, 0.1) is 26.5 Å². The summed E-state index contributed by atoms with van der Waals surface area (Å²) in [7, 11) is 1.51. The molecule has 0 spiro atoms. The molecule has 0 aliphatic carbocycles. The van der Waals surface area contributed by atoms with Crippen molar-refractivity contribution in [1.29, 1.82) is 0 Å². The van der Waals surface area contributed by atoms with Crippen molar-refractivity contribution < 1.29 is 22.6 Å². The summed E-state index contributed by atoms with van der Waals surface area (Å²) in [5.41, 5.74) is -0.761. The van der Waals surface area contributed by atoms with Crippen molar-refractivity contribution >= 4 is 0 Å². The van der Waals surface area contributed by atoms with Crippen LogP contribution in [0.2, 0.25) is 0 Å². The quantitative estimate of drug-likeness (QED) is 0.934. The molecule has 1 aliphatic heterocycles.